The molecule has 2 rings (SSSR count). The summed E-state index contributed by atoms with van der Waals surface area (Å²) in [7, 11) is -1.79. The average molecular weight is 388 g/mol. The van der Waals surface area contributed by atoms with Gasteiger partial charge >= 0.3 is 0 Å². The molecule has 1 heterocycles. The average Bonchev–Trinajstić information content (AvgIpc) is 2.41. The molecular weight excluding hydrogens is 371 g/mol. The third-order valence-electron chi connectivity index (χ3n) is 3.32. The van der Waals surface area contributed by atoms with Crippen molar-refractivity contribution in [2.45, 2.75) is 23.8 Å². The van der Waals surface area contributed by atoms with Crippen LogP contribution in [0.15, 0.2) is 27.6 Å². The molecule has 4 nitrogen and oxygen atoms in total. The van der Waals surface area contributed by atoms with Gasteiger partial charge < -0.3 is 5.32 Å². The van der Waals surface area contributed by atoms with Crippen molar-refractivity contribution in [3.05, 3.63) is 28.5 Å². The number of benzene rings is 1. The van der Waals surface area contributed by atoms with Crippen molar-refractivity contribution in [2.24, 2.45) is 0 Å². The van der Waals surface area contributed by atoms with Crippen LogP contribution in [0.3, 0.4) is 0 Å². The minimum absolute atomic E-state index is 0. The van der Waals surface area contributed by atoms with E-state index in [1.807, 2.05) is 7.05 Å². The van der Waals surface area contributed by atoms with Crippen molar-refractivity contribution in [2.75, 3.05) is 20.1 Å². The number of rotatable bonds is 3. The van der Waals surface area contributed by atoms with Gasteiger partial charge in [0.25, 0.3) is 0 Å². The van der Waals surface area contributed by atoms with Gasteiger partial charge in [-0.15, -0.1) is 12.4 Å². The number of piperidine rings is 1. The Balaban J connectivity index is 0.00000200. The Morgan fingerprint density at radius 3 is 2.75 bits per heavy atom. The fraction of sp³-hybridized carbons (Fsp3) is 0.500. The smallest absolute Gasteiger partial charge is 0.243 e. The lowest BCUT2D eigenvalue weighted by Gasteiger charge is -2.31. The van der Waals surface area contributed by atoms with Gasteiger partial charge in [-0.25, -0.2) is 12.8 Å². The van der Waals surface area contributed by atoms with Gasteiger partial charge in [0.2, 0.25) is 10.0 Å². The number of hydrogen-bond donors (Lipinski definition) is 1. The predicted octanol–water partition coefficient (Wildman–Crippen LogP) is 2.38. The maximum atomic E-state index is 13.5. The SMILES string of the molecule is CNC1CCCN(S(=O)(=O)c2ccc(Br)c(F)c2)C1.Cl. The first-order valence-electron chi connectivity index (χ1n) is 6.07. The zero-order chi connectivity index (χ0) is 14.0. The molecule has 1 unspecified atom stereocenters. The number of halogens is 3. The van der Waals surface area contributed by atoms with Gasteiger partial charge in [0.1, 0.15) is 5.82 Å². The molecule has 0 aromatic heterocycles. The van der Waals surface area contributed by atoms with Gasteiger partial charge in [-0.1, -0.05) is 0 Å². The predicted molar refractivity (Wildman–Crippen MR) is 82.2 cm³/mol. The monoisotopic (exact) mass is 386 g/mol. The van der Waals surface area contributed by atoms with Crippen molar-refractivity contribution in [3.63, 3.8) is 0 Å². The van der Waals surface area contributed by atoms with Gasteiger partial charge in [0.05, 0.1) is 9.37 Å². The minimum atomic E-state index is -3.61. The lowest BCUT2D eigenvalue weighted by molar-refractivity contribution is 0.293. The van der Waals surface area contributed by atoms with Crippen LogP contribution in [0.2, 0.25) is 0 Å². The molecule has 1 N–H and O–H groups in total. The van der Waals surface area contributed by atoms with E-state index >= 15 is 0 Å². The Bertz CT molecular complexity index is 571. The second kappa shape index (κ2) is 7.17. The van der Waals surface area contributed by atoms with Gasteiger partial charge in [-0.3, -0.25) is 0 Å². The molecule has 0 aliphatic carbocycles. The van der Waals surface area contributed by atoms with Gasteiger partial charge in [-0.2, -0.15) is 4.31 Å². The quantitative estimate of drug-likeness (QED) is 0.866. The fourth-order valence-electron chi connectivity index (χ4n) is 2.18. The first-order valence-corrected chi connectivity index (χ1v) is 8.31. The molecular formula is C12H17BrClFN2O2S. The lowest BCUT2D eigenvalue weighted by atomic mass is 10.1. The zero-order valence-electron chi connectivity index (χ0n) is 11.0. The van der Waals surface area contributed by atoms with E-state index in [0.717, 1.165) is 18.9 Å². The van der Waals surface area contributed by atoms with E-state index < -0.39 is 15.8 Å². The first-order chi connectivity index (χ1) is 8.95. The van der Waals surface area contributed by atoms with Crippen LogP contribution in [0.5, 0.6) is 0 Å². The van der Waals surface area contributed by atoms with E-state index in [9.17, 15) is 12.8 Å². The zero-order valence-corrected chi connectivity index (χ0v) is 14.2. The van der Waals surface area contributed by atoms with Crippen LogP contribution >= 0.6 is 28.3 Å². The molecule has 0 bridgehead atoms. The third-order valence-corrected chi connectivity index (χ3v) is 5.83. The van der Waals surface area contributed by atoms with Gasteiger partial charge in [0, 0.05) is 19.1 Å². The van der Waals surface area contributed by atoms with Crippen molar-refractivity contribution in [3.8, 4) is 0 Å². The summed E-state index contributed by atoms with van der Waals surface area (Å²) in [5.41, 5.74) is 0. The second-order valence-electron chi connectivity index (χ2n) is 4.57. The van der Waals surface area contributed by atoms with Crippen LogP contribution in [0.25, 0.3) is 0 Å². The van der Waals surface area contributed by atoms with E-state index in [0.29, 0.717) is 13.1 Å². The van der Waals surface area contributed by atoms with Crippen molar-refractivity contribution in [1.29, 1.82) is 0 Å². The molecule has 1 aromatic carbocycles. The number of sulfonamides is 1. The van der Waals surface area contributed by atoms with Crippen LogP contribution in [0.4, 0.5) is 4.39 Å². The maximum absolute atomic E-state index is 13.5. The molecule has 20 heavy (non-hydrogen) atoms. The summed E-state index contributed by atoms with van der Waals surface area (Å²) in [6.45, 7) is 0.911. The number of nitrogens with one attached hydrogen (secondary N) is 1. The molecule has 0 spiro atoms. The molecule has 114 valence electrons. The molecule has 1 aliphatic heterocycles. The Kier molecular flexibility index (Phi) is 6.40. The summed E-state index contributed by atoms with van der Waals surface area (Å²) in [4.78, 5) is 0.00459. The van der Waals surface area contributed by atoms with Crippen molar-refractivity contribution in [1.82, 2.24) is 9.62 Å². The highest BCUT2D eigenvalue weighted by atomic mass is 79.9. The standard InChI is InChI=1S/C12H16BrFN2O2S.ClH/c1-15-9-3-2-6-16(8-9)19(17,18)10-4-5-11(13)12(14)7-10;/h4-5,7,9,15H,2-3,6,8H2,1H3;1H. The minimum Gasteiger partial charge on any atom is -0.316 e. The normalized spacial score (nSPS) is 20.4. The molecule has 0 amide bonds. The van der Waals surface area contributed by atoms with Crippen molar-refractivity contribution < 1.29 is 12.8 Å². The summed E-state index contributed by atoms with van der Waals surface area (Å²) < 4.78 is 40.0. The Morgan fingerprint density at radius 2 is 2.15 bits per heavy atom. The van der Waals surface area contributed by atoms with Gasteiger partial charge in [-0.05, 0) is 54.0 Å². The number of likely N-dealkylation sites (N-methyl/N-ethyl adjacent to an activating group) is 1. The van der Waals surface area contributed by atoms with Crippen LogP contribution in [-0.4, -0.2) is 38.9 Å². The van der Waals surface area contributed by atoms with Crippen LogP contribution < -0.4 is 5.32 Å². The third kappa shape index (κ3) is 3.71. The van der Waals surface area contributed by atoms with E-state index in [4.69, 9.17) is 0 Å². The highest BCUT2D eigenvalue weighted by molar-refractivity contribution is 9.10. The van der Waals surface area contributed by atoms with Crippen LogP contribution in [0.1, 0.15) is 12.8 Å². The summed E-state index contributed by atoms with van der Waals surface area (Å²) in [5, 5.41) is 3.09. The van der Waals surface area contributed by atoms with Crippen LogP contribution in [0, 0.1) is 5.82 Å². The fourth-order valence-corrected chi connectivity index (χ4v) is 3.97. The molecule has 0 saturated carbocycles. The highest BCUT2D eigenvalue weighted by Crippen LogP contribution is 2.24. The van der Waals surface area contributed by atoms with Crippen LogP contribution in [-0.2, 0) is 10.0 Å². The number of hydrogen-bond acceptors (Lipinski definition) is 3. The summed E-state index contributed by atoms with van der Waals surface area (Å²) in [6, 6.07) is 4.05. The summed E-state index contributed by atoms with van der Waals surface area (Å²) in [5.74, 6) is -0.566. The largest absolute Gasteiger partial charge is 0.316 e. The second-order valence-corrected chi connectivity index (χ2v) is 7.36. The van der Waals surface area contributed by atoms with E-state index in [1.54, 1.807) is 0 Å². The molecule has 1 fully saturated rings. The Hall–Kier alpha value is -0.210. The molecule has 8 heteroatoms. The summed E-state index contributed by atoms with van der Waals surface area (Å²) in [6.07, 6.45) is 1.76. The lowest BCUT2D eigenvalue weighted by Crippen LogP contribution is -2.46. The van der Waals surface area contributed by atoms with E-state index in [1.165, 1.54) is 16.4 Å². The summed E-state index contributed by atoms with van der Waals surface area (Å²) >= 11 is 3.02. The molecule has 1 aliphatic rings. The van der Waals surface area contributed by atoms with E-state index in [-0.39, 0.29) is 27.8 Å². The Labute approximate surface area is 133 Å². The molecule has 1 aromatic rings. The number of nitrogens with zero attached hydrogens (tertiary/aromatic N) is 1. The Morgan fingerprint density at radius 1 is 1.45 bits per heavy atom. The molecule has 1 atom stereocenters. The maximum Gasteiger partial charge on any atom is 0.243 e. The highest BCUT2D eigenvalue weighted by Gasteiger charge is 2.30. The topological polar surface area (TPSA) is 49.4 Å². The van der Waals surface area contributed by atoms with Crippen molar-refractivity contribution >= 4 is 38.4 Å². The molecule has 1 saturated heterocycles. The van der Waals surface area contributed by atoms with E-state index in [2.05, 4.69) is 21.2 Å². The van der Waals surface area contributed by atoms with Gasteiger partial charge in [0.15, 0.2) is 0 Å². The molecule has 0 radical (unpaired) electrons. The first kappa shape index (κ1) is 17.8.